The van der Waals surface area contributed by atoms with E-state index in [0.717, 1.165) is 57.1 Å². The lowest BCUT2D eigenvalue weighted by atomic mass is 9.98. The van der Waals surface area contributed by atoms with Crippen LogP contribution in [0.3, 0.4) is 0 Å². The van der Waals surface area contributed by atoms with Crippen LogP contribution in [0.4, 0.5) is 0 Å². The Morgan fingerprint density at radius 3 is 2.54 bits per heavy atom. The van der Waals surface area contributed by atoms with E-state index in [-0.39, 0.29) is 0 Å². The first-order chi connectivity index (χ1) is 20.0. The van der Waals surface area contributed by atoms with Crippen LogP contribution in [-0.4, -0.2) is 80.2 Å². The van der Waals surface area contributed by atoms with Gasteiger partial charge in [-0.05, 0) is 69.7 Å². The highest BCUT2D eigenvalue weighted by atomic mass is 32.2. The van der Waals surface area contributed by atoms with Crippen LogP contribution < -0.4 is 0 Å². The summed E-state index contributed by atoms with van der Waals surface area (Å²) in [5.41, 5.74) is 3.30. The zero-order chi connectivity index (χ0) is 30.5. The minimum atomic E-state index is 0.425. The smallest absolute Gasteiger partial charge is 0.0906 e. The summed E-state index contributed by atoms with van der Waals surface area (Å²) in [5, 5.41) is 7.39. The molecule has 0 spiro atoms. The van der Waals surface area contributed by atoms with E-state index in [9.17, 15) is 0 Å². The van der Waals surface area contributed by atoms with Gasteiger partial charge in [-0.3, -0.25) is 9.91 Å². The molecule has 2 unspecified atom stereocenters. The molecule has 0 aromatic carbocycles. The zero-order valence-corrected chi connectivity index (χ0v) is 28.5. The minimum absolute atomic E-state index is 0.425. The highest BCUT2D eigenvalue weighted by molar-refractivity contribution is 7.99. The molecule has 0 amide bonds. The van der Waals surface area contributed by atoms with Gasteiger partial charge in [0.15, 0.2) is 0 Å². The summed E-state index contributed by atoms with van der Waals surface area (Å²) in [7, 11) is 2.02. The molecule has 1 fully saturated rings. The third kappa shape index (κ3) is 13.3. The fourth-order valence-electron chi connectivity index (χ4n) is 4.66. The van der Waals surface area contributed by atoms with Crippen molar-refractivity contribution in [2.45, 2.75) is 65.6 Å². The molecule has 0 N–H and O–H groups in total. The summed E-state index contributed by atoms with van der Waals surface area (Å²) < 4.78 is 11.6. The van der Waals surface area contributed by atoms with Gasteiger partial charge in [-0.25, -0.2) is 0 Å². The first-order valence-electron chi connectivity index (χ1n) is 15.1. The molecule has 5 nitrogen and oxygen atoms in total. The Morgan fingerprint density at radius 1 is 1.22 bits per heavy atom. The van der Waals surface area contributed by atoms with Crippen molar-refractivity contribution in [2.75, 3.05) is 59.4 Å². The maximum atomic E-state index is 6.12. The van der Waals surface area contributed by atoms with Gasteiger partial charge in [0.1, 0.15) is 0 Å². The average Bonchev–Trinajstić information content (AvgIpc) is 3.48. The van der Waals surface area contributed by atoms with Crippen molar-refractivity contribution in [1.82, 2.24) is 9.91 Å². The Balaban J connectivity index is 0.00000411. The maximum Gasteiger partial charge on any atom is 0.0906 e. The Hall–Kier alpha value is -1.90. The minimum Gasteiger partial charge on any atom is -0.379 e. The number of rotatable bonds is 17. The van der Waals surface area contributed by atoms with Crippen LogP contribution in [0.25, 0.3) is 6.08 Å². The lowest BCUT2D eigenvalue weighted by Gasteiger charge is -2.26. The van der Waals surface area contributed by atoms with E-state index < -0.39 is 0 Å². The van der Waals surface area contributed by atoms with Crippen LogP contribution in [0.5, 0.6) is 0 Å². The molecule has 1 aliphatic heterocycles. The summed E-state index contributed by atoms with van der Waals surface area (Å²) in [6.07, 6.45) is 19.2. The molecule has 1 saturated heterocycles. The second-order valence-corrected chi connectivity index (χ2v) is 11.6. The highest BCUT2D eigenvalue weighted by Crippen LogP contribution is 2.36. The van der Waals surface area contributed by atoms with Gasteiger partial charge in [0.2, 0.25) is 0 Å². The van der Waals surface area contributed by atoms with Crippen LogP contribution >= 0.6 is 23.1 Å². The first-order valence-corrected chi connectivity index (χ1v) is 17.2. The first kappa shape index (κ1) is 37.1. The third-order valence-electron chi connectivity index (χ3n) is 6.79. The topological polar surface area (TPSA) is 37.3 Å². The van der Waals surface area contributed by atoms with Crippen LogP contribution in [0.1, 0.15) is 70.1 Å². The monoisotopic (exact) mass is 601 g/mol. The molecule has 2 atom stereocenters. The molecule has 1 aromatic rings. The molecule has 0 bridgehead atoms. The van der Waals surface area contributed by atoms with Gasteiger partial charge in [-0.15, -0.1) is 17.9 Å². The standard InChI is InChI=1S/C32H49N3O2S2.C2H6/c1-8-13-29(31(38-7)14-9-2)32-18-17-28(39-32)16-15-27(25-37-24-21-35-19-22-36-23-20-35)33-34(6)30(12-5)26(10-3)11-4;1-2/h8-10,12,14-18,29,31H,1,11,13,19-25H2,2-7H3;1-2H3/b14-9-,16-15+,26-10-,30-12+,33-27+;. The molecular formula is C34H55N3O2S2. The normalized spacial score (nSPS) is 17.0. The summed E-state index contributed by atoms with van der Waals surface area (Å²) in [4.78, 5) is 5.00. The maximum absolute atomic E-state index is 6.12. The van der Waals surface area contributed by atoms with Crippen molar-refractivity contribution >= 4 is 34.9 Å². The van der Waals surface area contributed by atoms with Crippen LogP contribution in [0.15, 0.2) is 71.5 Å². The lowest BCUT2D eigenvalue weighted by Crippen LogP contribution is -2.38. The SMILES string of the molecule is C=CCC(c1ccc(/C=C/C(COCCN2CCOCC2)=N\N(C)C(=C/C)/C(=C\C)CC)s1)C(/C=C\C)SC.CC. The van der Waals surface area contributed by atoms with Crippen molar-refractivity contribution < 1.29 is 9.47 Å². The van der Waals surface area contributed by atoms with Crippen LogP contribution in [0.2, 0.25) is 0 Å². The third-order valence-corrected chi connectivity index (χ3v) is 9.00. The second-order valence-electron chi connectivity index (χ2n) is 9.39. The van der Waals surface area contributed by atoms with Crippen molar-refractivity contribution in [1.29, 1.82) is 0 Å². The Labute approximate surface area is 259 Å². The summed E-state index contributed by atoms with van der Waals surface area (Å²) in [6.45, 7) is 22.0. The van der Waals surface area contributed by atoms with E-state index in [1.165, 1.54) is 15.3 Å². The molecule has 0 aliphatic carbocycles. The van der Waals surface area contributed by atoms with Crippen LogP contribution in [-0.2, 0) is 9.47 Å². The molecule has 1 aliphatic rings. The number of nitrogens with zero attached hydrogens (tertiary/aromatic N) is 3. The number of morpholine rings is 1. The molecule has 0 saturated carbocycles. The van der Waals surface area contributed by atoms with Crippen molar-refractivity contribution in [3.63, 3.8) is 0 Å². The molecule has 0 radical (unpaired) electrons. The van der Waals surface area contributed by atoms with Crippen LogP contribution in [0, 0.1) is 0 Å². The molecule has 7 heteroatoms. The van der Waals surface area contributed by atoms with Gasteiger partial charge in [-0.2, -0.15) is 16.9 Å². The largest absolute Gasteiger partial charge is 0.379 e. The predicted octanol–water partition coefficient (Wildman–Crippen LogP) is 8.65. The van der Waals surface area contributed by atoms with Crippen molar-refractivity contribution in [3.8, 4) is 0 Å². The van der Waals surface area contributed by atoms with E-state index in [1.54, 1.807) is 0 Å². The number of hydrogen-bond acceptors (Lipinski definition) is 7. The Bertz CT molecular complexity index is 1000. The van der Waals surface area contributed by atoms with Gasteiger partial charge in [0.05, 0.1) is 37.8 Å². The van der Waals surface area contributed by atoms with Crippen molar-refractivity contribution in [3.05, 3.63) is 76.2 Å². The fraction of sp³-hybridized carbons (Fsp3) is 0.559. The summed E-state index contributed by atoms with van der Waals surface area (Å²) >= 11 is 3.75. The quantitative estimate of drug-likeness (QED) is 0.0587. The number of hydrazone groups is 1. The number of allylic oxidation sites excluding steroid dienone is 5. The summed E-state index contributed by atoms with van der Waals surface area (Å²) in [5.74, 6) is 0.425. The molecule has 1 aromatic heterocycles. The van der Waals surface area contributed by atoms with Gasteiger partial charge in [0, 0.05) is 47.6 Å². The molecule has 230 valence electrons. The van der Waals surface area contributed by atoms with Gasteiger partial charge < -0.3 is 9.47 Å². The number of ether oxygens (including phenoxy) is 2. The van der Waals surface area contributed by atoms with Gasteiger partial charge in [0.25, 0.3) is 0 Å². The van der Waals surface area contributed by atoms with E-state index in [1.807, 2.05) is 55.1 Å². The molecule has 2 heterocycles. The van der Waals surface area contributed by atoms with Gasteiger partial charge >= 0.3 is 0 Å². The molecule has 2 rings (SSSR count). The van der Waals surface area contributed by atoms with Crippen molar-refractivity contribution in [2.24, 2.45) is 5.10 Å². The average molecular weight is 602 g/mol. The second kappa shape index (κ2) is 22.7. The van der Waals surface area contributed by atoms with E-state index in [4.69, 9.17) is 14.6 Å². The fourth-order valence-corrected chi connectivity index (χ4v) is 6.72. The lowest BCUT2D eigenvalue weighted by molar-refractivity contribution is 0.0242. The van der Waals surface area contributed by atoms with E-state index >= 15 is 0 Å². The van der Waals surface area contributed by atoms with E-state index in [2.05, 4.69) is 94.0 Å². The molecule has 41 heavy (non-hydrogen) atoms. The predicted molar refractivity (Wildman–Crippen MR) is 185 cm³/mol. The van der Waals surface area contributed by atoms with E-state index in [0.29, 0.717) is 24.4 Å². The highest BCUT2D eigenvalue weighted by Gasteiger charge is 2.20. The number of thioether (sulfide) groups is 1. The zero-order valence-electron chi connectivity index (χ0n) is 26.9. The number of likely N-dealkylation sites (N-methyl/N-ethyl adjacent to an activating group) is 1. The Kier molecular flexibility index (Phi) is 20.5. The summed E-state index contributed by atoms with van der Waals surface area (Å²) in [6, 6.07) is 4.48. The number of thiophene rings is 1. The Morgan fingerprint density at radius 2 is 1.95 bits per heavy atom. The number of hydrogen-bond donors (Lipinski definition) is 0. The van der Waals surface area contributed by atoms with Gasteiger partial charge in [-0.1, -0.05) is 51.2 Å². The molecular weight excluding hydrogens is 547 g/mol.